The van der Waals surface area contributed by atoms with Gasteiger partial charge in [0.05, 0.1) is 6.10 Å². The summed E-state index contributed by atoms with van der Waals surface area (Å²) in [4.78, 5) is 13.0. The molecule has 0 atom stereocenters. The van der Waals surface area contributed by atoms with E-state index in [1.54, 1.807) is 12.1 Å². The predicted molar refractivity (Wildman–Crippen MR) is 56.2 cm³/mol. The Bertz CT molecular complexity index is 355. The predicted octanol–water partition coefficient (Wildman–Crippen LogP) is -0.0380. The molecule has 1 aromatic rings. The summed E-state index contributed by atoms with van der Waals surface area (Å²) in [6.07, 6.45) is -0.171. The van der Waals surface area contributed by atoms with Gasteiger partial charge in [-0.15, -0.1) is 0 Å². The minimum atomic E-state index is -0.402. The number of nitrogens with two attached hydrogens (primary N) is 1. The maximum absolute atomic E-state index is 10.8. The van der Waals surface area contributed by atoms with Gasteiger partial charge in [0.15, 0.2) is 0 Å². The highest BCUT2D eigenvalue weighted by Crippen LogP contribution is 2.13. The highest BCUT2D eigenvalue weighted by Gasteiger charge is 2.23. The normalized spacial score (nSPS) is 17.4. The molecule has 80 valence electrons. The van der Waals surface area contributed by atoms with Crippen LogP contribution in [0.5, 0.6) is 0 Å². The molecule has 2 rings (SSSR count). The summed E-state index contributed by atoms with van der Waals surface area (Å²) in [5.74, 6) is -0.402. The molecule has 0 aromatic heterocycles. The van der Waals surface area contributed by atoms with E-state index in [1.807, 2.05) is 12.1 Å². The molecule has 0 spiro atoms. The van der Waals surface area contributed by atoms with Crippen molar-refractivity contribution < 1.29 is 9.90 Å². The monoisotopic (exact) mass is 206 g/mol. The Morgan fingerprint density at radius 3 is 2.47 bits per heavy atom. The quantitative estimate of drug-likeness (QED) is 0.729. The van der Waals surface area contributed by atoms with Crippen LogP contribution < -0.4 is 5.73 Å². The third kappa shape index (κ3) is 2.34. The Kier molecular flexibility index (Phi) is 2.70. The molecule has 4 nitrogen and oxygen atoms in total. The second kappa shape index (κ2) is 4.00. The number of carbonyl (C=O) groups is 1. The number of rotatable bonds is 3. The van der Waals surface area contributed by atoms with Crippen LogP contribution >= 0.6 is 0 Å². The summed E-state index contributed by atoms with van der Waals surface area (Å²) < 4.78 is 0. The molecule has 1 aliphatic rings. The van der Waals surface area contributed by atoms with Crippen molar-refractivity contribution in [3.63, 3.8) is 0 Å². The van der Waals surface area contributed by atoms with Gasteiger partial charge in [-0.25, -0.2) is 0 Å². The number of hydrogen-bond acceptors (Lipinski definition) is 3. The van der Waals surface area contributed by atoms with Crippen molar-refractivity contribution >= 4 is 5.91 Å². The molecule has 0 bridgehead atoms. The lowest BCUT2D eigenvalue weighted by Gasteiger charge is -2.35. The van der Waals surface area contributed by atoms with Crippen LogP contribution in [0.2, 0.25) is 0 Å². The van der Waals surface area contributed by atoms with Gasteiger partial charge in [-0.2, -0.15) is 0 Å². The van der Waals surface area contributed by atoms with Crippen LogP contribution in [0.3, 0.4) is 0 Å². The standard InChI is InChI=1S/C11H14N2O2/c12-11(15)9-3-1-8(2-4-9)5-13-6-10(14)7-13/h1-4,10,14H,5-7H2,(H2,12,15). The first-order valence-electron chi connectivity index (χ1n) is 4.94. The van der Waals surface area contributed by atoms with E-state index in [9.17, 15) is 4.79 Å². The number of amides is 1. The number of primary amides is 1. The lowest BCUT2D eigenvalue weighted by molar-refractivity contribution is -0.00286. The fraction of sp³-hybridized carbons (Fsp3) is 0.364. The van der Waals surface area contributed by atoms with E-state index >= 15 is 0 Å². The van der Waals surface area contributed by atoms with Crippen LogP contribution in [0.15, 0.2) is 24.3 Å². The first-order valence-corrected chi connectivity index (χ1v) is 4.94. The van der Waals surface area contributed by atoms with E-state index in [0.29, 0.717) is 5.56 Å². The van der Waals surface area contributed by atoms with Crippen molar-refractivity contribution in [1.29, 1.82) is 0 Å². The van der Waals surface area contributed by atoms with E-state index in [-0.39, 0.29) is 6.10 Å². The highest BCUT2D eigenvalue weighted by molar-refractivity contribution is 5.92. The lowest BCUT2D eigenvalue weighted by atomic mass is 10.1. The number of β-amino-alcohol motifs (C(OH)–C–C–N with tert-alkyl or cyclic N) is 1. The van der Waals surface area contributed by atoms with Gasteiger partial charge in [0.1, 0.15) is 0 Å². The highest BCUT2D eigenvalue weighted by atomic mass is 16.3. The molecule has 1 amide bonds. The summed E-state index contributed by atoms with van der Waals surface area (Å²) in [6.45, 7) is 2.28. The molecule has 0 radical (unpaired) electrons. The number of benzene rings is 1. The fourth-order valence-electron chi connectivity index (χ4n) is 1.70. The second-order valence-electron chi connectivity index (χ2n) is 3.91. The smallest absolute Gasteiger partial charge is 0.248 e. The van der Waals surface area contributed by atoms with E-state index < -0.39 is 5.91 Å². The van der Waals surface area contributed by atoms with Gasteiger partial charge in [-0.3, -0.25) is 9.69 Å². The number of nitrogens with zero attached hydrogens (tertiary/aromatic N) is 1. The first-order chi connectivity index (χ1) is 7.15. The Balaban J connectivity index is 1.95. The first kappa shape index (κ1) is 10.1. The van der Waals surface area contributed by atoms with Crippen LogP contribution in [0, 0.1) is 0 Å². The summed E-state index contributed by atoms with van der Waals surface area (Å²) in [5.41, 5.74) is 6.80. The van der Waals surface area contributed by atoms with Crippen LogP contribution in [0.4, 0.5) is 0 Å². The minimum Gasteiger partial charge on any atom is -0.390 e. The van der Waals surface area contributed by atoms with Crippen LogP contribution in [0.25, 0.3) is 0 Å². The molecule has 0 aliphatic carbocycles. The van der Waals surface area contributed by atoms with E-state index in [1.165, 1.54) is 0 Å². The van der Waals surface area contributed by atoms with Crippen molar-refractivity contribution in [2.24, 2.45) is 5.73 Å². The van der Waals surface area contributed by atoms with Gasteiger partial charge in [0.2, 0.25) is 5.91 Å². The van der Waals surface area contributed by atoms with Crippen LogP contribution in [0.1, 0.15) is 15.9 Å². The topological polar surface area (TPSA) is 66.6 Å². The summed E-state index contributed by atoms with van der Waals surface area (Å²) in [7, 11) is 0. The maximum Gasteiger partial charge on any atom is 0.248 e. The third-order valence-corrected chi connectivity index (χ3v) is 2.58. The van der Waals surface area contributed by atoms with Gasteiger partial charge >= 0.3 is 0 Å². The van der Waals surface area contributed by atoms with Crippen LogP contribution in [-0.4, -0.2) is 35.1 Å². The molecule has 4 heteroatoms. The average molecular weight is 206 g/mol. The van der Waals surface area contributed by atoms with Crippen molar-refractivity contribution in [3.05, 3.63) is 35.4 Å². The lowest BCUT2D eigenvalue weighted by Crippen LogP contribution is -2.49. The van der Waals surface area contributed by atoms with Crippen molar-refractivity contribution in [2.45, 2.75) is 12.6 Å². The molecule has 1 aliphatic heterocycles. The number of aliphatic hydroxyl groups is 1. The zero-order valence-corrected chi connectivity index (χ0v) is 8.39. The zero-order valence-electron chi connectivity index (χ0n) is 8.39. The average Bonchev–Trinajstić information content (AvgIpc) is 2.16. The molecular formula is C11H14N2O2. The number of likely N-dealkylation sites (tertiary alicyclic amines) is 1. The minimum absolute atomic E-state index is 0.171. The molecule has 3 N–H and O–H groups in total. The Labute approximate surface area is 88.3 Å². The van der Waals surface area contributed by atoms with Crippen molar-refractivity contribution in [2.75, 3.05) is 13.1 Å². The van der Waals surface area contributed by atoms with Crippen molar-refractivity contribution in [3.8, 4) is 0 Å². The van der Waals surface area contributed by atoms with Gasteiger partial charge in [0, 0.05) is 25.2 Å². The van der Waals surface area contributed by atoms with Gasteiger partial charge in [0.25, 0.3) is 0 Å². The van der Waals surface area contributed by atoms with Gasteiger partial charge in [-0.1, -0.05) is 12.1 Å². The van der Waals surface area contributed by atoms with Crippen molar-refractivity contribution in [1.82, 2.24) is 4.90 Å². The molecular weight excluding hydrogens is 192 g/mol. The second-order valence-corrected chi connectivity index (χ2v) is 3.91. The van der Waals surface area contributed by atoms with E-state index in [4.69, 9.17) is 10.8 Å². The van der Waals surface area contributed by atoms with E-state index in [0.717, 1.165) is 25.2 Å². The molecule has 1 fully saturated rings. The largest absolute Gasteiger partial charge is 0.390 e. The molecule has 1 heterocycles. The zero-order chi connectivity index (χ0) is 10.8. The number of hydrogen-bond donors (Lipinski definition) is 2. The Morgan fingerprint density at radius 2 is 2.00 bits per heavy atom. The molecule has 0 unspecified atom stereocenters. The Hall–Kier alpha value is -1.39. The fourth-order valence-corrected chi connectivity index (χ4v) is 1.70. The maximum atomic E-state index is 10.8. The number of carbonyl (C=O) groups excluding carboxylic acids is 1. The molecule has 1 aromatic carbocycles. The number of aliphatic hydroxyl groups excluding tert-OH is 1. The van der Waals surface area contributed by atoms with Gasteiger partial charge in [-0.05, 0) is 17.7 Å². The third-order valence-electron chi connectivity index (χ3n) is 2.58. The Morgan fingerprint density at radius 1 is 1.40 bits per heavy atom. The molecule has 15 heavy (non-hydrogen) atoms. The molecule has 1 saturated heterocycles. The van der Waals surface area contributed by atoms with Crippen LogP contribution in [-0.2, 0) is 6.54 Å². The SMILES string of the molecule is NC(=O)c1ccc(CN2CC(O)C2)cc1. The van der Waals surface area contributed by atoms with E-state index in [2.05, 4.69) is 4.90 Å². The summed E-state index contributed by atoms with van der Waals surface area (Å²) in [6, 6.07) is 7.25. The summed E-state index contributed by atoms with van der Waals surface area (Å²) in [5, 5.41) is 9.11. The molecule has 0 saturated carbocycles. The summed E-state index contributed by atoms with van der Waals surface area (Å²) >= 11 is 0. The van der Waals surface area contributed by atoms with Gasteiger partial charge < -0.3 is 10.8 Å².